The number of aromatic amines is 1. The van der Waals surface area contributed by atoms with Crippen LogP contribution in [0.1, 0.15) is 16.2 Å². The second-order valence-corrected chi connectivity index (χ2v) is 5.03. The predicted molar refractivity (Wildman–Crippen MR) is 85.9 cm³/mol. The van der Waals surface area contributed by atoms with Crippen molar-refractivity contribution in [1.82, 2.24) is 15.4 Å². The first-order valence-electron chi connectivity index (χ1n) is 6.86. The summed E-state index contributed by atoms with van der Waals surface area (Å²) in [4.78, 5) is 30.6. The van der Waals surface area contributed by atoms with Gasteiger partial charge in [0, 0.05) is 10.9 Å². The molecule has 7 nitrogen and oxygen atoms in total. The van der Waals surface area contributed by atoms with E-state index in [0.717, 1.165) is 5.56 Å². The molecule has 0 atom stereocenters. The van der Waals surface area contributed by atoms with Crippen LogP contribution < -0.4 is 16.8 Å². The molecule has 7 heteroatoms. The number of hydrazine groups is 1. The van der Waals surface area contributed by atoms with Gasteiger partial charge in [-0.1, -0.05) is 30.3 Å². The number of hydrogen-bond donors (Lipinski definition) is 4. The third-order valence-corrected chi connectivity index (χ3v) is 3.59. The van der Waals surface area contributed by atoms with E-state index < -0.39 is 11.5 Å². The molecule has 0 bridgehead atoms. The largest absolute Gasteiger partial charge is 0.505 e. The maximum atomic E-state index is 12.2. The van der Waals surface area contributed by atoms with Crippen LogP contribution in [-0.4, -0.2) is 21.0 Å². The number of fused-ring (bicyclic) bond motifs is 1. The number of nitrogens with two attached hydrogens (primary N) is 1. The Balaban J connectivity index is 2.37. The zero-order chi connectivity index (χ0) is 16.6. The van der Waals surface area contributed by atoms with E-state index in [1.54, 1.807) is 13.0 Å². The van der Waals surface area contributed by atoms with Crippen LogP contribution in [0.3, 0.4) is 0 Å². The van der Waals surface area contributed by atoms with Gasteiger partial charge in [0.05, 0.1) is 16.8 Å². The van der Waals surface area contributed by atoms with E-state index in [4.69, 9.17) is 5.84 Å². The van der Waals surface area contributed by atoms with Crippen molar-refractivity contribution in [2.24, 2.45) is 5.84 Å². The van der Waals surface area contributed by atoms with Crippen LogP contribution in [-0.2, 0) is 0 Å². The lowest BCUT2D eigenvalue weighted by Crippen LogP contribution is -2.32. The molecule has 1 amide bonds. The molecular weight excluding hydrogens is 296 g/mol. The smallest absolute Gasteiger partial charge is 0.285 e. The number of nitrogen functional groups attached to an aromatic ring is 1. The molecule has 0 aliphatic heterocycles. The van der Waals surface area contributed by atoms with Gasteiger partial charge < -0.3 is 10.1 Å². The van der Waals surface area contributed by atoms with Crippen LogP contribution in [0.15, 0.2) is 41.2 Å². The highest BCUT2D eigenvalue weighted by Crippen LogP contribution is 2.29. The molecule has 2 aromatic heterocycles. The van der Waals surface area contributed by atoms with Crippen molar-refractivity contribution in [1.29, 1.82) is 0 Å². The van der Waals surface area contributed by atoms with Crippen LogP contribution in [0, 0.1) is 6.92 Å². The summed E-state index contributed by atoms with van der Waals surface area (Å²) in [5, 5.41) is 10.8. The van der Waals surface area contributed by atoms with E-state index >= 15 is 0 Å². The SMILES string of the molecule is Cc1nc(-c2ccccc2)cc2c(O)c(C(=O)NN)[nH]c(=O)c12. The van der Waals surface area contributed by atoms with Gasteiger partial charge in [-0.05, 0) is 13.0 Å². The van der Waals surface area contributed by atoms with Gasteiger partial charge in [0.2, 0.25) is 0 Å². The van der Waals surface area contributed by atoms with Crippen LogP contribution in [0.25, 0.3) is 22.0 Å². The number of amides is 1. The molecule has 116 valence electrons. The van der Waals surface area contributed by atoms with E-state index in [1.165, 1.54) is 0 Å². The number of H-pyrrole nitrogens is 1. The summed E-state index contributed by atoms with van der Waals surface area (Å²) in [5.41, 5.74) is 2.98. The molecule has 3 aromatic rings. The van der Waals surface area contributed by atoms with Gasteiger partial charge in [0.1, 0.15) is 0 Å². The first kappa shape index (κ1) is 14.7. The summed E-state index contributed by atoms with van der Waals surface area (Å²) >= 11 is 0. The zero-order valence-corrected chi connectivity index (χ0v) is 12.3. The highest BCUT2D eigenvalue weighted by Gasteiger charge is 2.19. The molecule has 2 heterocycles. The van der Waals surface area contributed by atoms with E-state index in [0.29, 0.717) is 11.4 Å². The topological polar surface area (TPSA) is 121 Å². The highest BCUT2D eigenvalue weighted by atomic mass is 16.3. The minimum absolute atomic E-state index is 0.232. The van der Waals surface area contributed by atoms with Gasteiger partial charge in [0.25, 0.3) is 11.5 Å². The van der Waals surface area contributed by atoms with Crippen molar-refractivity contribution in [3.05, 3.63) is 58.1 Å². The molecule has 0 radical (unpaired) electrons. The van der Waals surface area contributed by atoms with Crippen LogP contribution in [0.2, 0.25) is 0 Å². The fraction of sp³-hybridized carbons (Fsp3) is 0.0625. The molecule has 0 unspecified atom stereocenters. The summed E-state index contributed by atoms with van der Waals surface area (Å²) in [5.74, 6) is 3.95. The van der Waals surface area contributed by atoms with Gasteiger partial charge in [-0.25, -0.2) is 5.84 Å². The van der Waals surface area contributed by atoms with Gasteiger partial charge in [-0.3, -0.25) is 20.0 Å². The van der Waals surface area contributed by atoms with Gasteiger partial charge in [-0.15, -0.1) is 0 Å². The fourth-order valence-corrected chi connectivity index (χ4v) is 2.51. The maximum absolute atomic E-state index is 12.2. The number of aryl methyl sites for hydroxylation is 1. The molecule has 0 spiro atoms. The van der Waals surface area contributed by atoms with Crippen LogP contribution in [0.5, 0.6) is 5.75 Å². The Labute approximate surface area is 130 Å². The Morgan fingerprint density at radius 3 is 2.65 bits per heavy atom. The van der Waals surface area contributed by atoms with Gasteiger partial charge in [0.15, 0.2) is 11.4 Å². The van der Waals surface area contributed by atoms with Crippen molar-refractivity contribution in [3.63, 3.8) is 0 Å². The second-order valence-electron chi connectivity index (χ2n) is 5.03. The number of nitrogens with zero attached hydrogens (tertiary/aromatic N) is 1. The van der Waals surface area contributed by atoms with Crippen molar-refractivity contribution in [2.45, 2.75) is 6.92 Å². The third-order valence-electron chi connectivity index (χ3n) is 3.59. The highest BCUT2D eigenvalue weighted by molar-refractivity contribution is 6.02. The van der Waals surface area contributed by atoms with Crippen LogP contribution >= 0.6 is 0 Å². The Hall–Kier alpha value is -3.19. The number of pyridine rings is 2. The Kier molecular flexibility index (Phi) is 3.55. The Morgan fingerprint density at radius 1 is 1.30 bits per heavy atom. The molecule has 23 heavy (non-hydrogen) atoms. The molecule has 0 saturated heterocycles. The molecule has 0 aliphatic rings. The number of carbonyl (C=O) groups excluding carboxylic acids is 1. The number of aromatic hydroxyl groups is 1. The number of nitrogens with one attached hydrogen (secondary N) is 2. The molecule has 5 N–H and O–H groups in total. The molecule has 0 saturated carbocycles. The summed E-state index contributed by atoms with van der Waals surface area (Å²) in [7, 11) is 0. The van der Waals surface area contributed by atoms with Gasteiger partial charge >= 0.3 is 0 Å². The number of benzene rings is 1. The maximum Gasteiger partial charge on any atom is 0.285 e. The predicted octanol–water partition coefficient (Wildman–Crippen LogP) is 1.21. The summed E-state index contributed by atoms with van der Waals surface area (Å²) in [6.07, 6.45) is 0. The summed E-state index contributed by atoms with van der Waals surface area (Å²) in [6, 6.07) is 10.9. The molecule has 0 aliphatic carbocycles. The van der Waals surface area contributed by atoms with E-state index in [-0.39, 0.29) is 22.2 Å². The fourth-order valence-electron chi connectivity index (χ4n) is 2.51. The molecule has 1 aromatic carbocycles. The first-order chi connectivity index (χ1) is 11.0. The van der Waals surface area contributed by atoms with Crippen molar-refractivity contribution in [3.8, 4) is 17.0 Å². The third kappa shape index (κ3) is 2.43. The lowest BCUT2D eigenvalue weighted by molar-refractivity contribution is 0.0946. The van der Waals surface area contributed by atoms with E-state index in [1.807, 2.05) is 35.8 Å². The average molecular weight is 310 g/mol. The normalized spacial score (nSPS) is 10.7. The minimum atomic E-state index is -0.780. The van der Waals surface area contributed by atoms with Crippen molar-refractivity contribution in [2.75, 3.05) is 0 Å². The Bertz CT molecular complexity index is 964. The number of carbonyl (C=O) groups is 1. The second kappa shape index (κ2) is 5.54. The number of hydrogen-bond acceptors (Lipinski definition) is 5. The van der Waals surface area contributed by atoms with E-state index in [9.17, 15) is 14.7 Å². The lowest BCUT2D eigenvalue weighted by Gasteiger charge is -2.10. The standard InChI is InChI=1S/C16H14N4O3/c1-8-12-10(7-11(18-8)9-5-3-2-4-6-9)14(21)13(16(23)20-17)19-15(12)22/h2-7,21H,17H2,1H3,(H,19,22)(H,20,23). The quantitative estimate of drug-likeness (QED) is 0.322. The Morgan fingerprint density at radius 2 is 2.00 bits per heavy atom. The van der Waals surface area contributed by atoms with Crippen molar-refractivity contribution >= 4 is 16.7 Å². The minimum Gasteiger partial charge on any atom is -0.505 e. The first-order valence-corrected chi connectivity index (χ1v) is 6.86. The van der Waals surface area contributed by atoms with E-state index in [2.05, 4.69) is 9.97 Å². The van der Waals surface area contributed by atoms with Crippen LogP contribution in [0.4, 0.5) is 0 Å². The number of rotatable bonds is 2. The molecular formula is C16H14N4O3. The zero-order valence-electron chi connectivity index (χ0n) is 12.3. The average Bonchev–Trinajstić information content (AvgIpc) is 2.57. The summed E-state index contributed by atoms with van der Waals surface area (Å²) < 4.78 is 0. The van der Waals surface area contributed by atoms with Crippen molar-refractivity contribution < 1.29 is 9.90 Å². The monoisotopic (exact) mass is 310 g/mol. The number of aromatic nitrogens is 2. The lowest BCUT2D eigenvalue weighted by atomic mass is 10.0. The summed E-state index contributed by atoms with van der Waals surface area (Å²) in [6.45, 7) is 1.67. The molecule has 3 rings (SSSR count). The molecule has 0 fully saturated rings. The van der Waals surface area contributed by atoms with Gasteiger partial charge in [-0.2, -0.15) is 0 Å².